The highest BCUT2D eigenvalue weighted by molar-refractivity contribution is 5.85. The molecule has 2 atom stereocenters. The third kappa shape index (κ3) is 3.22. The first-order valence-corrected chi connectivity index (χ1v) is 8.17. The van der Waals surface area contributed by atoms with Gasteiger partial charge in [0.25, 0.3) is 0 Å². The quantitative estimate of drug-likeness (QED) is 0.890. The monoisotopic (exact) mass is 317 g/mol. The third-order valence-corrected chi connectivity index (χ3v) is 4.91. The number of carbonyl (C=O) groups excluding carboxylic acids is 2. The summed E-state index contributed by atoms with van der Waals surface area (Å²) in [5.74, 6) is 0.0258. The molecule has 6 nitrogen and oxygen atoms in total. The van der Waals surface area contributed by atoms with Crippen LogP contribution in [0.3, 0.4) is 0 Å². The van der Waals surface area contributed by atoms with Crippen molar-refractivity contribution in [3.05, 3.63) is 30.1 Å². The maximum absolute atomic E-state index is 12.8. The van der Waals surface area contributed by atoms with E-state index in [1.54, 1.807) is 18.0 Å². The molecule has 2 fully saturated rings. The lowest BCUT2D eigenvalue weighted by Gasteiger charge is -2.42. The van der Waals surface area contributed by atoms with Crippen molar-refractivity contribution in [1.82, 2.24) is 15.2 Å². The van der Waals surface area contributed by atoms with E-state index in [1.807, 2.05) is 18.2 Å². The predicted octanol–water partition coefficient (Wildman–Crippen LogP) is 0.768. The van der Waals surface area contributed by atoms with Crippen molar-refractivity contribution in [3.63, 3.8) is 0 Å². The fraction of sp³-hybridized carbons (Fsp3) is 0.588. The lowest BCUT2D eigenvalue weighted by atomic mass is 9.75. The molecule has 2 saturated heterocycles. The van der Waals surface area contributed by atoms with Crippen LogP contribution < -0.4 is 5.32 Å². The van der Waals surface area contributed by atoms with E-state index in [1.165, 1.54) is 0 Å². The third-order valence-electron chi connectivity index (χ3n) is 4.91. The van der Waals surface area contributed by atoms with Gasteiger partial charge in [0.2, 0.25) is 11.8 Å². The molecule has 2 aliphatic heterocycles. The number of likely N-dealkylation sites (tertiary alicyclic amines) is 1. The molecule has 0 saturated carbocycles. The number of pyridine rings is 1. The molecular weight excluding hydrogens is 294 g/mol. The Morgan fingerprint density at radius 3 is 3.09 bits per heavy atom. The SMILES string of the molecule is CC(=O)N1CC[C@H]2OCC[C@@]2(C(=O)NCCc2ccccn2)C1. The Morgan fingerprint density at radius 1 is 1.48 bits per heavy atom. The molecule has 0 spiro atoms. The summed E-state index contributed by atoms with van der Waals surface area (Å²) in [6, 6.07) is 5.76. The van der Waals surface area contributed by atoms with Crippen LogP contribution >= 0.6 is 0 Å². The smallest absolute Gasteiger partial charge is 0.230 e. The number of piperidine rings is 1. The predicted molar refractivity (Wildman–Crippen MR) is 84.6 cm³/mol. The molecule has 2 aliphatic rings. The van der Waals surface area contributed by atoms with Crippen molar-refractivity contribution >= 4 is 11.8 Å². The van der Waals surface area contributed by atoms with Gasteiger partial charge in [0.1, 0.15) is 0 Å². The number of nitrogens with zero attached hydrogens (tertiary/aromatic N) is 2. The minimum absolute atomic E-state index is 0.00174. The Morgan fingerprint density at radius 2 is 2.35 bits per heavy atom. The maximum atomic E-state index is 12.8. The number of rotatable bonds is 4. The van der Waals surface area contributed by atoms with Crippen molar-refractivity contribution in [3.8, 4) is 0 Å². The van der Waals surface area contributed by atoms with E-state index in [4.69, 9.17) is 4.74 Å². The van der Waals surface area contributed by atoms with Crippen LogP contribution in [-0.4, -0.2) is 54.0 Å². The number of carbonyl (C=O) groups is 2. The molecule has 23 heavy (non-hydrogen) atoms. The number of aromatic nitrogens is 1. The van der Waals surface area contributed by atoms with E-state index in [0.717, 1.165) is 12.1 Å². The second kappa shape index (κ2) is 6.66. The molecule has 124 valence electrons. The van der Waals surface area contributed by atoms with E-state index in [-0.39, 0.29) is 17.9 Å². The molecule has 0 aliphatic carbocycles. The summed E-state index contributed by atoms with van der Waals surface area (Å²) in [6.45, 7) is 3.82. The molecule has 6 heteroatoms. The van der Waals surface area contributed by atoms with Crippen LogP contribution in [0, 0.1) is 5.41 Å². The number of fused-ring (bicyclic) bond motifs is 1. The highest BCUT2D eigenvalue weighted by Gasteiger charge is 2.53. The van der Waals surface area contributed by atoms with Gasteiger partial charge in [0.15, 0.2) is 0 Å². The summed E-state index contributed by atoms with van der Waals surface area (Å²) < 4.78 is 5.76. The molecular formula is C17H23N3O3. The van der Waals surface area contributed by atoms with E-state index < -0.39 is 5.41 Å². The number of hydrogen-bond acceptors (Lipinski definition) is 4. The van der Waals surface area contributed by atoms with Gasteiger partial charge in [-0.2, -0.15) is 0 Å². The first-order chi connectivity index (χ1) is 11.1. The summed E-state index contributed by atoms with van der Waals surface area (Å²) in [6.07, 6.45) is 3.78. The Labute approximate surface area is 136 Å². The highest BCUT2D eigenvalue weighted by atomic mass is 16.5. The van der Waals surface area contributed by atoms with Gasteiger partial charge >= 0.3 is 0 Å². The van der Waals surface area contributed by atoms with Crippen molar-refractivity contribution in [2.45, 2.75) is 32.3 Å². The van der Waals surface area contributed by atoms with E-state index in [9.17, 15) is 9.59 Å². The van der Waals surface area contributed by atoms with Gasteiger partial charge in [-0.1, -0.05) is 6.07 Å². The second-order valence-electron chi connectivity index (χ2n) is 6.32. The molecule has 1 aromatic heterocycles. The Balaban J connectivity index is 1.62. The average Bonchev–Trinajstić information content (AvgIpc) is 3.00. The van der Waals surface area contributed by atoms with Crippen molar-refractivity contribution in [1.29, 1.82) is 0 Å². The molecule has 0 unspecified atom stereocenters. The maximum Gasteiger partial charge on any atom is 0.230 e. The standard InChI is InChI=1S/C17H23N3O3/c1-13(21)20-10-6-15-17(12-20,7-11-23-15)16(22)19-9-5-14-4-2-3-8-18-14/h2-4,8,15H,5-7,9-12H2,1H3,(H,19,22)/t15-,17-/m1/s1. The van der Waals surface area contributed by atoms with Gasteiger partial charge in [-0.3, -0.25) is 14.6 Å². The highest BCUT2D eigenvalue weighted by Crippen LogP contribution is 2.41. The minimum atomic E-state index is -0.589. The van der Waals surface area contributed by atoms with Crippen LogP contribution in [0.1, 0.15) is 25.5 Å². The molecule has 3 heterocycles. The van der Waals surface area contributed by atoms with Crippen LogP contribution in [0.25, 0.3) is 0 Å². The van der Waals surface area contributed by atoms with Crippen LogP contribution in [0.4, 0.5) is 0 Å². The number of hydrogen-bond donors (Lipinski definition) is 1. The van der Waals surface area contributed by atoms with Crippen LogP contribution in [0.15, 0.2) is 24.4 Å². The minimum Gasteiger partial charge on any atom is -0.377 e. The molecule has 0 radical (unpaired) electrons. The summed E-state index contributed by atoms with van der Waals surface area (Å²) >= 11 is 0. The summed E-state index contributed by atoms with van der Waals surface area (Å²) in [5, 5.41) is 3.03. The van der Waals surface area contributed by atoms with Crippen LogP contribution in [0.5, 0.6) is 0 Å². The summed E-state index contributed by atoms with van der Waals surface area (Å²) in [4.78, 5) is 30.5. The zero-order valence-corrected chi connectivity index (χ0v) is 13.5. The number of amides is 2. The van der Waals surface area contributed by atoms with E-state index >= 15 is 0 Å². The van der Waals surface area contributed by atoms with Crippen molar-refractivity contribution in [2.75, 3.05) is 26.2 Å². The topological polar surface area (TPSA) is 71.5 Å². The van der Waals surface area contributed by atoms with Crippen LogP contribution in [0.2, 0.25) is 0 Å². The van der Waals surface area contributed by atoms with Gasteiger partial charge < -0.3 is 15.0 Å². The Kier molecular flexibility index (Phi) is 4.61. The largest absolute Gasteiger partial charge is 0.377 e. The zero-order chi connectivity index (χ0) is 16.3. The van der Waals surface area contributed by atoms with Gasteiger partial charge in [-0.15, -0.1) is 0 Å². The number of nitrogens with one attached hydrogen (secondary N) is 1. The van der Waals surface area contributed by atoms with E-state index in [0.29, 0.717) is 39.1 Å². The molecule has 0 aromatic carbocycles. The van der Waals surface area contributed by atoms with E-state index in [2.05, 4.69) is 10.3 Å². The molecule has 0 bridgehead atoms. The van der Waals surface area contributed by atoms with Gasteiger partial charge in [0, 0.05) is 51.5 Å². The lowest BCUT2D eigenvalue weighted by molar-refractivity contribution is -0.145. The first-order valence-electron chi connectivity index (χ1n) is 8.17. The first kappa shape index (κ1) is 15.9. The summed E-state index contributed by atoms with van der Waals surface area (Å²) in [7, 11) is 0. The Bertz CT molecular complexity index is 578. The van der Waals surface area contributed by atoms with Gasteiger partial charge in [-0.05, 0) is 25.0 Å². The van der Waals surface area contributed by atoms with Gasteiger partial charge in [-0.25, -0.2) is 0 Å². The van der Waals surface area contributed by atoms with Gasteiger partial charge in [0.05, 0.1) is 11.5 Å². The van der Waals surface area contributed by atoms with Crippen molar-refractivity contribution < 1.29 is 14.3 Å². The number of ether oxygens (including phenoxy) is 1. The second-order valence-corrected chi connectivity index (χ2v) is 6.32. The molecule has 1 aromatic rings. The molecule has 1 N–H and O–H groups in total. The average molecular weight is 317 g/mol. The lowest BCUT2D eigenvalue weighted by Crippen LogP contribution is -2.58. The summed E-state index contributed by atoms with van der Waals surface area (Å²) in [5.41, 5.74) is 0.368. The Hall–Kier alpha value is -1.95. The zero-order valence-electron chi connectivity index (χ0n) is 13.5. The molecule has 3 rings (SSSR count). The fourth-order valence-electron chi connectivity index (χ4n) is 3.56. The molecule has 2 amide bonds. The normalized spacial score (nSPS) is 26.7. The van der Waals surface area contributed by atoms with Crippen molar-refractivity contribution in [2.24, 2.45) is 5.41 Å². The fourth-order valence-corrected chi connectivity index (χ4v) is 3.56. The van der Waals surface area contributed by atoms with Crippen LogP contribution in [-0.2, 0) is 20.7 Å².